The molecule has 0 bridgehead atoms. The van der Waals surface area contributed by atoms with Gasteiger partial charge in [0.25, 0.3) is 0 Å². The van der Waals surface area contributed by atoms with Gasteiger partial charge in [0.2, 0.25) is 0 Å². The van der Waals surface area contributed by atoms with E-state index < -0.39 is 6.10 Å². The highest BCUT2D eigenvalue weighted by molar-refractivity contribution is 6.30. The highest BCUT2D eigenvalue weighted by Crippen LogP contribution is 2.27. The highest BCUT2D eigenvalue weighted by atomic mass is 35.5. The minimum absolute atomic E-state index is 0.433. The summed E-state index contributed by atoms with van der Waals surface area (Å²) in [6.07, 6.45) is -0.207. The molecule has 4 nitrogen and oxygen atoms in total. The average Bonchev–Trinajstić information content (AvgIpc) is 2.69. The molecule has 0 saturated carbocycles. The Bertz CT molecular complexity index is 581. The van der Waals surface area contributed by atoms with Crippen LogP contribution in [-0.2, 0) is 13.5 Å². The van der Waals surface area contributed by atoms with Gasteiger partial charge in [-0.05, 0) is 36.8 Å². The predicted molar refractivity (Wildman–Crippen MR) is 74.6 cm³/mol. The van der Waals surface area contributed by atoms with Crippen LogP contribution in [0, 0.1) is 6.92 Å². The van der Waals surface area contributed by atoms with E-state index in [4.69, 9.17) is 16.3 Å². The maximum Gasteiger partial charge on any atom is 0.122 e. The number of benzene rings is 1. The Hall–Kier alpha value is -1.52. The van der Waals surface area contributed by atoms with E-state index in [-0.39, 0.29) is 0 Å². The molecule has 1 atom stereocenters. The molecule has 0 fully saturated rings. The van der Waals surface area contributed by atoms with Gasteiger partial charge in [-0.25, -0.2) is 0 Å². The fourth-order valence-electron chi connectivity index (χ4n) is 2.16. The summed E-state index contributed by atoms with van der Waals surface area (Å²) in [6.45, 7) is 1.90. The van der Waals surface area contributed by atoms with Crippen molar-refractivity contribution < 1.29 is 9.84 Å². The van der Waals surface area contributed by atoms with Crippen LogP contribution in [0.3, 0.4) is 0 Å². The summed E-state index contributed by atoms with van der Waals surface area (Å²) < 4.78 is 6.97. The molecular formula is C14H17ClN2O2. The van der Waals surface area contributed by atoms with Crippen molar-refractivity contribution in [2.45, 2.75) is 19.4 Å². The van der Waals surface area contributed by atoms with E-state index in [0.29, 0.717) is 11.4 Å². The summed E-state index contributed by atoms with van der Waals surface area (Å²) in [7, 11) is 3.42. The van der Waals surface area contributed by atoms with E-state index >= 15 is 0 Å². The lowest BCUT2D eigenvalue weighted by Crippen LogP contribution is -2.08. The van der Waals surface area contributed by atoms with Crippen LogP contribution in [0.15, 0.2) is 24.3 Å². The Labute approximate surface area is 117 Å². The Morgan fingerprint density at radius 2 is 2.16 bits per heavy atom. The fraction of sp³-hybridized carbons (Fsp3) is 0.357. The molecule has 1 N–H and O–H groups in total. The normalized spacial score (nSPS) is 12.5. The van der Waals surface area contributed by atoms with Crippen LogP contribution >= 0.6 is 11.6 Å². The van der Waals surface area contributed by atoms with E-state index in [2.05, 4.69) is 5.10 Å². The van der Waals surface area contributed by atoms with Gasteiger partial charge in [0.15, 0.2) is 0 Å². The second-order valence-corrected chi connectivity index (χ2v) is 4.95. The molecule has 2 rings (SSSR count). The zero-order valence-electron chi connectivity index (χ0n) is 11.2. The first-order valence-electron chi connectivity index (χ1n) is 6.02. The maximum absolute atomic E-state index is 10.3. The number of hydrogen-bond acceptors (Lipinski definition) is 3. The molecule has 1 aromatic carbocycles. The molecule has 0 radical (unpaired) electrons. The number of ether oxygens (including phenoxy) is 1. The molecule has 0 amide bonds. The monoisotopic (exact) mass is 280 g/mol. The molecule has 1 unspecified atom stereocenters. The van der Waals surface area contributed by atoms with E-state index in [0.717, 1.165) is 22.7 Å². The summed E-state index contributed by atoms with van der Waals surface area (Å²) in [5.41, 5.74) is 2.54. The molecular weight excluding hydrogens is 264 g/mol. The zero-order valence-corrected chi connectivity index (χ0v) is 12.0. The van der Waals surface area contributed by atoms with Crippen molar-refractivity contribution in [3.05, 3.63) is 46.2 Å². The van der Waals surface area contributed by atoms with Gasteiger partial charge in [-0.2, -0.15) is 5.10 Å². The van der Waals surface area contributed by atoms with Crippen LogP contribution in [-0.4, -0.2) is 22.0 Å². The molecule has 1 heterocycles. The van der Waals surface area contributed by atoms with Gasteiger partial charge in [0, 0.05) is 18.5 Å². The fourth-order valence-corrected chi connectivity index (χ4v) is 2.36. The first-order valence-corrected chi connectivity index (χ1v) is 6.40. The third-order valence-electron chi connectivity index (χ3n) is 3.04. The average molecular weight is 281 g/mol. The number of aliphatic hydroxyl groups excluding tert-OH is 1. The van der Waals surface area contributed by atoms with Gasteiger partial charge in [0.1, 0.15) is 5.75 Å². The molecule has 2 aromatic rings. The first kappa shape index (κ1) is 13.9. The standard InChI is InChI=1S/C14H17ClN2O2/c1-9-6-12(17(2)16-9)13(18)8-10-7-11(15)4-5-14(10)19-3/h4-7,13,18H,8H2,1-3H3. The molecule has 19 heavy (non-hydrogen) atoms. The summed E-state index contributed by atoms with van der Waals surface area (Å²) in [4.78, 5) is 0. The second kappa shape index (κ2) is 5.63. The van der Waals surface area contributed by atoms with Crippen LogP contribution in [0.1, 0.15) is 23.1 Å². The third kappa shape index (κ3) is 3.08. The van der Waals surface area contributed by atoms with Gasteiger partial charge in [0.05, 0.1) is 24.6 Å². The lowest BCUT2D eigenvalue weighted by Gasteiger charge is -2.14. The minimum Gasteiger partial charge on any atom is -0.496 e. The van der Waals surface area contributed by atoms with Gasteiger partial charge in [-0.15, -0.1) is 0 Å². The number of methoxy groups -OCH3 is 1. The third-order valence-corrected chi connectivity index (χ3v) is 3.27. The van der Waals surface area contributed by atoms with Crippen LogP contribution in [0.4, 0.5) is 0 Å². The molecule has 0 aliphatic carbocycles. The molecule has 0 saturated heterocycles. The van der Waals surface area contributed by atoms with E-state index in [1.54, 1.807) is 23.9 Å². The topological polar surface area (TPSA) is 47.3 Å². The van der Waals surface area contributed by atoms with Gasteiger partial charge in [-0.3, -0.25) is 4.68 Å². The molecule has 102 valence electrons. The summed E-state index contributed by atoms with van der Waals surface area (Å²) in [5.74, 6) is 0.724. The highest BCUT2D eigenvalue weighted by Gasteiger charge is 2.16. The number of aryl methyl sites for hydroxylation is 2. The molecule has 5 heteroatoms. The van der Waals surface area contributed by atoms with Crippen molar-refractivity contribution in [3.8, 4) is 5.75 Å². The van der Waals surface area contributed by atoms with E-state index in [1.807, 2.05) is 26.1 Å². The number of nitrogens with zero attached hydrogens (tertiary/aromatic N) is 2. The van der Waals surface area contributed by atoms with Crippen molar-refractivity contribution in [1.82, 2.24) is 9.78 Å². The van der Waals surface area contributed by atoms with Crippen molar-refractivity contribution in [1.29, 1.82) is 0 Å². The lowest BCUT2D eigenvalue weighted by molar-refractivity contribution is 0.167. The minimum atomic E-state index is -0.640. The number of rotatable bonds is 4. The Morgan fingerprint density at radius 1 is 1.42 bits per heavy atom. The first-order chi connectivity index (χ1) is 9.01. The largest absolute Gasteiger partial charge is 0.496 e. The Balaban J connectivity index is 2.25. The van der Waals surface area contributed by atoms with Gasteiger partial charge in [-0.1, -0.05) is 11.6 Å². The summed E-state index contributed by atoms with van der Waals surface area (Å²) in [5, 5.41) is 15.2. The van der Waals surface area contributed by atoms with Crippen LogP contribution in [0.5, 0.6) is 5.75 Å². The maximum atomic E-state index is 10.3. The number of aliphatic hydroxyl groups is 1. The van der Waals surface area contributed by atoms with Gasteiger partial charge < -0.3 is 9.84 Å². The quantitative estimate of drug-likeness (QED) is 0.937. The van der Waals surface area contributed by atoms with Crippen LogP contribution in [0.25, 0.3) is 0 Å². The molecule has 0 spiro atoms. The summed E-state index contributed by atoms with van der Waals surface area (Å²) in [6, 6.07) is 7.26. The van der Waals surface area contributed by atoms with Crippen LogP contribution in [0.2, 0.25) is 5.02 Å². The molecule has 1 aromatic heterocycles. The summed E-state index contributed by atoms with van der Waals surface area (Å²) >= 11 is 5.98. The lowest BCUT2D eigenvalue weighted by atomic mass is 10.0. The number of aromatic nitrogens is 2. The van der Waals surface area contributed by atoms with Crippen molar-refractivity contribution in [2.24, 2.45) is 7.05 Å². The number of hydrogen-bond donors (Lipinski definition) is 1. The van der Waals surface area contributed by atoms with E-state index in [1.165, 1.54) is 0 Å². The van der Waals surface area contributed by atoms with Crippen molar-refractivity contribution in [3.63, 3.8) is 0 Å². The Kier molecular flexibility index (Phi) is 4.12. The SMILES string of the molecule is COc1ccc(Cl)cc1CC(O)c1cc(C)nn1C. The van der Waals surface area contributed by atoms with Crippen LogP contribution < -0.4 is 4.74 Å². The van der Waals surface area contributed by atoms with E-state index in [9.17, 15) is 5.11 Å². The van der Waals surface area contributed by atoms with Crippen molar-refractivity contribution in [2.75, 3.05) is 7.11 Å². The zero-order chi connectivity index (χ0) is 14.0. The smallest absolute Gasteiger partial charge is 0.122 e. The number of halogens is 1. The predicted octanol–water partition coefficient (Wildman–Crippen LogP) is 2.67. The van der Waals surface area contributed by atoms with Gasteiger partial charge >= 0.3 is 0 Å². The molecule has 0 aliphatic heterocycles. The molecule has 0 aliphatic rings. The Morgan fingerprint density at radius 3 is 2.74 bits per heavy atom. The second-order valence-electron chi connectivity index (χ2n) is 4.51. The van der Waals surface area contributed by atoms with Crippen molar-refractivity contribution >= 4 is 11.6 Å².